The zero-order chi connectivity index (χ0) is 11.7. The van der Waals surface area contributed by atoms with Crippen LogP contribution in [0, 0.1) is 0 Å². The molecule has 0 unspecified atom stereocenters. The maximum Gasteiger partial charge on any atom is 0.0998 e. The van der Waals surface area contributed by atoms with Crippen LogP contribution in [0.25, 0.3) is 10.2 Å². The lowest BCUT2D eigenvalue weighted by Crippen LogP contribution is -1.92. The largest absolute Gasteiger partial charge is 0.241 e. The summed E-state index contributed by atoms with van der Waals surface area (Å²) in [5.74, 6) is 0. The van der Waals surface area contributed by atoms with E-state index in [0.717, 1.165) is 27.1 Å². The zero-order valence-corrected chi connectivity index (χ0v) is 11.2. The summed E-state index contributed by atoms with van der Waals surface area (Å²) in [7, 11) is 0. The van der Waals surface area contributed by atoms with E-state index in [2.05, 4.69) is 37.2 Å². The van der Waals surface area contributed by atoms with E-state index in [0.29, 0.717) is 0 Å². The Morgan fingerprint density at radius 2 is 2.18 bits per heavy atom. The number of benzene rings is 1. The minimum atomic E-state index is 0.741. The Kier molecular flexibility index (Phi) is 2.86. The first-order valence-electron chi connectivity index (χ1n) is 5.13. The molecule has 0 aliphatic carbocycles. The maximum absolute atomic E-state index is 4.58. The second kappa shape index (κ2) is 4.50. The molecule has 17 heavy (non-hydrogen) atoms. The van der Waals surface area contributed by atoms with Gasteiger partial charge in [-0.3, -0.25) is 0 Å². The third kappa shape index (κ3) is 2.35. The lowest BCUT2D eigenvalue weighted by molar-refractivity contribution is 0.933. The number of nitrogens with zero attached hydrogens (tertiary/aromatic N) is 3. The summed E-state index contributed by atoms with van der Waals surface area (Å²) < 4.78 is 2.28. The fraction of sp³-hybridized carbons (Fsp3) is 0.0833. The number of fused-ring (bicyclic) bond motifs is 1. The Morgan fingerprint density at radius 3 is 3.00 bits per heavy atom. The van der Waals surface area contributed by atoms with Crippen molar-refractivity contribution in [2.24, 2.45) is 0 Å². The van der Waals surface area contributed by atoms with Gasteiger partial charge < -0.3 is 0 Å². The highest BCUT2D eigenvalue weighted by molar-refractivity contribution is 9.10. The van der Waals surface area contributed by atoms with Crippen molar-refractivity contribution in [1.82, 2.24) is 15.2 Å². The Hall–Kier alpha value is -1.33. The smallest absolute Gasteiger partial charge is 0.0998 e. The molecule has 0 atom stereocenters. The van der Waals surface area contributed by atoms with E-state index in [1.165, 1.54) is 4.70 Å². The molecule has 3 rings (SSSR count). The molecule has 3 nitrogen and oxygen atoms in total. The summed E-state index contributed by atoms with van der Waals surface area (Å²) in [6, 6.07) is 9.98. The molecular formula is C12H8BrN3S. The van der Waals surface area contributed by atoms with Crippen molar-refractivity contribution in [1.29, 1.82) is 0 Å². The molecule has 0 N–H and O–H groups in total. The number of hydrogen-bond donors (Lipinski definition) is 0. The Morgan fingerprint density at radius 1 is 1.24 bits per heavy atom. The van der Waals surface area contributed by atoms with E-state index in [1.807, 2.05) is 24.3 Å². The molecule has 3 aromatic rings. The van der Waals surface area contributed by atoms with Gasteiger partial charge in [-0.2, -0.15) is 10.2 Å². The van der Waals surface area contributed by atoms with Crippen molar-refractivity contribution in [3.8, 4) is 0 Å². The Bertz CT molecular complexity index is 651. The molecule has 0 spiro atoms. The first kappa shape index (κ1) is 10.8. The number of halogens is 1. The number of hydrogen-bond acceptors (Lipinski definition) is 4. The van der Waals surface area contributed by atoms with E-state index >= 15 is 0 Å². The van der Waals surface area contributed by atoms with Crippen molar-refractivity contribution in [2.45, 2.75) is 6.42 Å². The third-order valence-electron chi connectivity index (χ3n) is 2.35. The Labute approximate surface area is 111 Å². The van der Waals surface area contributed by atoms with Crippen LogP contribution >= 0.6 is 27.3 Å². The van der Waals surface area contributed by atoms with Crippen LogP contribution < -0.4 is 0 Å². The molecule has 0 bridgehead atoms. The first-order chi connectivity index (χ1) is 8.31. The topological polar surface area (TPSA) is 38.7 Å². The summed E-state index contributed by atoms with van der Waals surface area (Å²) in [5, 5.41) is 9.01. The molecule has 84 valence electrons. The number of rotatable bonds is 2. The van der Waals surface area contributed by atoms with Crippen molar-refractivity contribution < 1.29 is 0 Å². The van der Waals surface area contributed by atoms with Crippen LogP contribution in [0.5, 0.6) is 0 Å². The van der Waals surface area contributed by atoms with Crippen molar-refractivity contribution in [2.75, 3.05) is 0 Å². The summed E-state index contributed by atoms with van der Waals surface area (Å²) in [6.45, 7) is 0. The van der Waals surface area contributed by atoms with E-state index < -0.39 is 0 Å². The molecule has 0 aliphatic rings. The molecule has 0 amide bonds. The highest BCUT2D eigenvalue weighted by Gasteiger charge is 2.05. The molecule has 1 aromatic carbocycles. The van der Waals surface area contributed by atoms with Gasteiger partial charge >= 0.3 is 0 Å². The molecule has 0 radical (unpaired) electrons. The minimum Gasteiger partial charge on any atom is -0.241 e. The SMILES string of the molecule is Brc1ccc2nc(Cc3cccnn3)sc2c1. The second-order valence-electron chi connectivity index (χ2n) is 3.61. The molecule has 0 aliphatic heterocycles. The molecular weight excluding hydrogens is 298 g/mol. The predicted octanol–water partition coefficient (Wildman–Crippen LogP) is 3.44. The molecule has 0 saturated carbocycles. The van der Waals surface area contributed by atoms with Crippen LogP contribution in [0.15, 0.2) is 41.0 Å². The molecule has 0 fully saturated rings. The van der Waals surface area contributed by atoms with Gasteiger partial charge in [0.15, 0.2) is 0 Å². The fourth-order valence-electron chi connectivity index (χ4n) is 1.60. The number of thiazole rings is 1. The molecule has 5 heteroatoms. The second-order valence-corrected chi connectivity index (χ2v) is 5.64. The Balaban J connectivity index is 1.96. The molecule has 0 saturated heterocycles. The van der Waals surface area contributed by atoms with Gasteiger partial charge in [-0.05, 0) is 30.3 Å². The monoisotopic (exact) mass is 305 g/mol. The van der Waals surface area contributed by atoms with Gasteiger partial charge in [0, 0.05) is 17.1 Å². The van der Waals surface area contributed by atoms with Crippen LogP contribution in [0.1, 0.15) is 10.7 Å². The predicted molar refractivity (Wildman–Crippen MR) is 72.2 cm³/mol. The third-order valence-corrected chi connectivity index (χ3v) is 3.87. The van der Waals surface area contributed by atoms with Gasteiger partial charge in [-0.25, -0.2) is 4.98 Å². The van der Waals surface area contributed by atoms with Crippen LogP contribution in [0.4, 0.5) is 0 Å². The normalized spacial score (nSPS) is 10.9. The lowest BCUT2D eigenvalue weighted by Gasteiger charge is -1.93. The zero-order valence-electron chi connectivity index (χ0n) is 8.80. The summed E-state index contributed by atoms with van der Waals surface area (Å²) in [4.78, 5) is 4.58. The van der Waals surface area contributed by atoms with Crippen LogP contribution in [-0.4, -0.2) is 15.2 Å². The van der Waals surface area contributed by atoms with E-state index in [1.54, 1.807) is 17.5 Å². The standard InChI is InChI=1S/C12H8BrN3S/c13-8-3-4-10-11(6-8)17-12(15-10)7-9-2-1-5-14-16-9/h1-6H,7H2. The van der Waals surface area contributed by atoms with Crippen LogP contribution in [-0.2, 0) is 6.42 Å². The molecule has 2 aromatic heterocycles. The van der Waals surface area contributed by atoms with Crippen LogP contribution in [0.2, 0.25) is 0 Å². The quantitative estimate of drug-likeness (QED) is 0.728. The maximum atomic E-state index is 4.58. The first-order valence-corrected chi connectivity index (χ1v) is 6.74. The van der Waals surface area contributed by atoms with Crippen molar-refractivity contribution in [3.05, 3.63) is 51.7 Å². The van der Waals surface area contributed by atoms with Gasteiger partial charge in [0.1, 0.15) is 0 Å². The van der Waals surface area contributed by atoms with Gasteiger partial charge in [-0.15, -0.1) is 11.3 Å². The fourth-order valence-corrected chi connectivity index (χ4v) is 3.14. The summed E-state index contributed by atoms with van der Waals surface area (Å²) in [6.07, 6.45) is 2.42. The number of aromatic nitrogens is 3. The van der Waals surface area contributed by atoms with Crippen LogP contribution in [0.3, 0.4) is 0 Å². The van der Waals surface area contributed by atoms with E-state index in [-0.39, 0.29) is 0 Å². The lowest BCUT2D eigenvalue weighted by atomic mass is 10.3. The van der Waals surface area contributed by atoms with E-state index in [4.69, 9.17) is 0 Å². The van der Waals surface area contributed by atoms with Gasteiger partial charge in [0.2, 0.25) is 0 Å². The van der Waals surface area contributed by atoms with Gasteiger partial charge in [-0.1, -0.05) is 15.9 Å². The molecule has 2 heterocycles. The van der Waals surface area contributed by atoms with Gasteiger partial charge in [0.05, 0.1) is 20.9 Å². The van der Waals surface area contributed by atoms with Crippen molar-refractivity contribution in [3.63, 3.8) is 0 Å². The summed E-state index contributed by atoms with van der Waals surface area (Å²) in [5.41, 5.74) is 1.99. The van der Waals surface area contributed by atoms with Gasteiger partial charge in [0.25, 0.3) is 0 Å². The summed E-state index contributed by atoms with van der Waals surface area (Å²) >= 11 is 5.16. The van der Waals surface area contributed by atoms with Crippen molar-refractivity contribution >= 4 is 37.5 Å². The highest BCUT2D eigenvalue weighted by Crippen LogP contribution is 2.26. The average Bonchev–Trinajstić information content (AvgIpc) is 2.71. The highest BCUT2D eigenvalue weighted by atomic mass is 79.9. The minimum absolute atomic E-state index is 0.741. The average molecular weight is 306 g/mol. The van der Waals surface area contributed by atoms with E-state index in [9.17, 15) is 0 Å².